The van der Waals surface area contributed by atoms with Crippen LogP contribution in [0.4, 0.5) is 17.6 Å². The van der Waals surface area contributed by atoms with Gasteiger partial charge in [0.15, 0.2) is 0 Å². The average molecular weight is 390 g/mol. The molecule has 0 spiro atoms. The number of aryl methyl sites for hydroxylation is 3. The van der Waals surface area contributed by atoms with E-state index in [1.54, 1.807) is 0 Å². The Morgan fingerprint density at radius 3 is 1.86 bits per heavy atom. The van der Waals surface area contributed by atoms with Crippen LogP contribution in [0.15, 0.2) is 60.4 Å². The molecular weight excluding hydrogens is 364 g/mol. The fourth-order valence-electron chi connectivity index (χ4n) is 3.98. The van der Waals surface area contributed by atoms with Crippen molar-refractivity contribution in [2.45, 2.75) is 57.5 Å². The van der Waals surface area contributed by atoms with E-state index in [0.29, 0.717) is 18.8 Å². The lowest BCUT2D eigenvalue weighted by Crippen LogP contribution is -2.15. The molecule has 0 bridgehead atoms. The van der Waals surface area contributed by atoms with E-state index in [1.165, 1.54) is 22.3 Å². The van der Waals surface area contributed by atoms with Crippen molar-refractivity contribution in [2.24, 2.45) is 5.92 Å². The molecule has 1 aliphatic rings. The lowest BCUT2D eigenvalue weighted by Gasteiger charge is -2.28. The van der Waals surface area contributed by atoms with Crippen molar-refractivity contribution in [2.75, 3.05) is 0 Å². The van der Waals surface area contributed by atoms with Gasteiger partial charge in [0.1, 0.15) is 5.83 Å². The molecule has 4 heteroatoms. The topological polar surface area (TPSA) is 0 Å². The smallest absolute Gasteiger partial charge is 0.212 e. The van der Waals surface area contributed by atoms with Gasteiger partial charge in [-0.3, -0.25) is 0 Å². The molecule has 1 saturated carbocycles. The molecule has 0 atom stereocenters. The van der Waals surface area contributed by atoms with Crippen molar-refractivity contribution >= 4 is 0 Å². The van der Waals surface area contributed by atoms with Gasteiger partial charge in [-0.25, -0.2) is 4.39 Å². The molecule has 0 saturated heterocycles. The molecule has 0 heterocycles. The molecule has 2 aromatic carbocycles. The van der Waals surface area contributed by atoms with Crippen LogP contribution in [-0.4, -0.2) is 6.18 Å². The van der Waals surface area contributed by atoms with Crippen molar-refractivity contribution < 1.29 is 17.6 Å². The van der Waals surface area contributed by atoms with E-state index in [-0.39, 0.29) is 6.08 Å². The minimum absolute atomic E-state index is 0.180. The van der Waals surface area contributed by atoms with E-state index in [0.717, 1.165) is 25.7 Å². The van der Waals surface area contributed by atoms with Crippen molar-refractivity contribution in [3.05, 3.63) is 82.7 Å². The Morgan fingerprint density at radius 1 is 0.857 bits per heavy atom. The van der Waals surface area contributed by atoms with Crippen LogP contribution in [0.5, 0.6) is 0 Å². The SMILES string of the molecule is Cc1ccc(CCc2ccc(C3CCC(/C(F)=C/C(F)(F)F)CC3)cc2)cc1. The third-order valence-electron chi connectivity index (χ3n) is 5.69. The Labute approximate surface area is 164 Å². The highest BCUT2D eigenvalue weighted by Gasteiger charge is 2.30. The molecule has 1 aliphatic carbocycles. The molecule has 150 valence electrons. The molecule has 0 aliphatic heterocycles. The van der Waals surface area contributed by atoms with E-state index < -0.39 is 17.9 Å². The van der Waals surface area contributed by atoms with Crippen LogP contribution in [0, 0.1) is 12.8 Å². The van der Waals surface area contributed by atoms with Gasteiger partial charge in [0.25, 0.3) is 0 Å². The summed E-state index contributed by atoms with van der Waals surface area (Å²) < 4.78 is 50.7. The van der Waals surface area contributed by atoms with E-state index >= 15 is 0 Å². The number of allylic oxidation sites excluding steroid dienone is 2. The van der Waals surface area contributed by atoms with Crippen LogP contribution in [0.1, 0.15) is 53.9 Å². The Bertz CT molecular complexity index is 777. The Kier molecular flexibility index (Phi) is 6.58. The molecule has 2 aromatic rings. The molecule has 0 amide bonds. The first-order valence-corrected chi connectivity index (χ1v) is 9.89. The van der Waals surface area contributed by atoms with E-state index in [2.05, 4.69) is 55.5 Å². The normalized spacial score (nSPS) is 21.0. The van der Waals surface area contributed by atoms with E-state index in [1.807, 2.05) is 0 Å². The molecule has 0 aromatic heterocycles. The number of alkyl halides is 3. The van der Waals surface area contributed by atoms with Gasteiger partial charge in [-0.05, 0) is 68.1 Å². The van der Waals surface area contributed by atoms with E-state index in [9.17, 15) is 17.6 Å². The predicted molar refractivity (Wildman–Crippen MR) is 105 cm³/mol. The highest BCUT2D eigenvalue weighted by molar-refractivity contribution is 5.28. The molecule has 0 nitrogen and oxygen atoms in total. The largest absolute Gasteiger partial charge is 0.412 e. The number of hydrogen-bond acceptors (Lipinski definition) is 0. The minimum Gasteiger partial charge on any atom is -0.212 e. The van der Waals surface area contributed by atoms with Gasteiger partial charge in [0.2, 0.25) is 0 Å². The summed E-state index contributed by atoms with van der Waals surface area (Å²) in [5, 5.41) is 0. The van der Waals surface area contributed by atoms with Crippen LogP contribution >= 0.6 is 0 Å². The van der Waals surface area contributed by atoms with Crippen molar-refractivity contribution in [1.29, 1.82) is 0 Å². The zero-order chi connectivity index (χ0) is 20.1. The second-order valence-corrected chi connectivity index (χ2v) is 7.85. The number of benzene rings is 2. The van der Waals surface area contributed by atoms with Crippen molar-refractivity contribution in [3.8, 4) is 0 Å². The quantitative estimate of drug-likeness (QED) is 0.465. The molecule has 28 heavy (non-hydrogen) atoms. The lowest BCUT2D eigenvalue weighted by atomic mass is 9.78. The molecule has 3 rings (SSSR count). The third kappa shape index (κ3) is 5.95. The minimum atomic E-state index is -4.57. The van der Waals surface area contributed by atoms with Crippen LogP contribution in [0.25, 0.3) is 0 Å². The third-order valence-corrected chi connectivity index (χ3v) is 5.69. The Balaban J connectivity index is 1.52. The van der Waals surface area contributed by atoms with E-state index in [4.69, 9.17) is 0 Å². The number of halogens is 4. The highest BCUT2D eigenvalue weighted by Crippen LogP contribution is 2.40. The maximum absolute atomic E-state index is 13.8. The molecular formula is C24H26F4. The van der Waals surface area contributed by atoms with Crippen molar-refractivity contribution in [3.63, 3.8) is 0 Å². The predicted octanol–water partition coefficient (Wildman–Crippen LogP) is 7.47. The first kappa shape index (κ1) is 20.6. The molecule has 0 N–H and O–H groups in total. The second-order valence-electron chi connectivity index (χ2n) is 7.85. The first-order chi connectivity index (χ1) is 13.3. The summed E-state index contributed by atoms with van der Waals surface area (Å²) in [5.74, 6) is -1.30. The van der Waals surface area contributed by atoms with Gasteiger partial charge < -0.3 is 0 Å². The summed E-state index contributed by atoms with van der Waals surface area (Å²) in [7, 11) is 0. The lowest BCUT2D eigenvalue weighted by molar-refractivity contribution is -0.0820. The van der Waals surface area contributed by atoms with Gasteiger partial charge in [0, 0.05) is 5.92 Å². The van der Waals surface area contributed by atoms with Crippen LogP contribution < -0.4 is 0 Å². The summed E-state index contributed by atoms with van der Waals surface area (Å²) in [5.41, 5.74) is 5.06. The Hall–Kier alpha value is -2.10. The number of hydrogen-bond donors (Lipinski definition) is 0. The monoisotopic (exact) mass is 390 g/mol. The van der Waals surface area contributed by atoms with Crippen LogP contribution in [0.2, 0.25) is 0 Å². The molecule has 0 radical (unpaired) electrons. The van der Waals surface area contributed by atoms with Crippen LogP contribution in [0.3, 0.4) is 0 Å². The molecule has 1 fully saturated rings. The zero-order valence-corrected chi connectivity index (χ0v) is 16.1. The fourth-order valence-corrected chi connectivity index (χ4v) is 3.98. The zero-order valence-electron chi connectivity index (χ0n) is 16.1. The van der Waals surface area contributed by atoms with Gasteiger partial charge in [0.05, 0.1) is 6.08 Å². The maximum atomic E-state index is 13.8. The van der Waals surface area contributed by atoms with Gasteiger partial charge in [-0.2, -0.15) is 13.2 Å². The van der Waals surface area contributed by atoms with Crippen LogP contribution in [-0.2, 0) is 12.8 Å². The van der Waals surface area contributed by atoms with Gasteiger partial charge in [-0.15, -0.1) is 0 Å². The summed E-state index contributed by atoms with van der Waals surface area (Å²) >= 11 is 0. The second kappa shape index (κ2) is 8.93. The fraction of sp³-hybridized carbons (Fsp3) is 0.417. The number of rotatable bonds is 5. The molecule has 0 unspecified atom stereocenters. The summed E-state index contributed by atoms with van der Waals surface area (Å²) in [6, 6.07) is 17.1. The first-order valence-electron chi connectivity index (χ1n) is 9.89. The van der Waals surface area contributed by atoms with Gasteiger partial charge >= 0.3 is 6.18 Å². The van der Waals surface area contributed by atoms with Crippen molar-refractivity contribution in [1.82, 2.24) is 0 Å². The average Bonchev–Trinajstić information content (AvgIpc) is 2.67. The maximum Gasteiger partial charge on any atom is 0.412 e. The standard InChI is InChI=1S/C24H26F4/c1-17-2-4-18(5-3-17)6-7-19-8-10-20(11-9-19)21-12-14-22(15-13-21)23(25)16-24(26,27)28/h2-5,8-11,16,21-22H,6-7,12-15H2,1H3/b23-16-. The summed E-state index contributed by atoms with van der Waals surface area (Å²) in [6.45, 7) is 2.08. The summed E-state index contributed by atoms with van der Waals surface area (Å²) in [4.78, 5) is 0. The van der Waals surface area contributed by atoms with Gasteiger partial charge in [-0.1, -0.05) is 54.1 Å². The Morgan fingerprint density at radius 2 is 1.36 bits per heavy atom. The summed E-state index contributed by atoms with van der Waals surface area (Å²) in [6.07, 6.45) is -0.384. The highest BCUT2D eigenvalue weighted by atomic mass is 19.4.